The minimum absolute atomic E-state index is 0.126. The molecule has 1 saturated heterocycles. The maximum Gasteiger partial charge on any atom is 0.151 e. The molecule has 2 N–H and O–H groups in total. The van der Waals surface area contributed by atoms with Crippen molar-refractivity contribution in [2.45, 2.75) is 25.5 Å². The van der Waals surface area contributed by atoms with Crippen molar-refractivity contribution in [3.63, 3.8) is 0 Å². The third-order valence-corrected chi connectivity index (χ3v) is 4.31. The van der Waals surface area contributed by atoms with Crippen LogP contribution in [-0.2, 0) is 6.54 Å². The average Bonchev–Trinajstić information content (AvgIpc) is 2.57. The van der Waals surface area contributed by atoms with Crippen LogP contribution in [0.3, 0.4) is 0 Å². The van der Waals surface area contributed by atoms with Gasteiger partial charge in [-0.3, -0.25) is 0 Å². The zero-order valence-electron chi connectivity index (χ0n) is 12.7. The number of anilines is 2. The van der Waals surface area contributed by atoms with Crippen molar-refractivity contribution < 1.29 is 9.50 Å². The molecule has 1 fully saturated rings. The lowest BCUT2D eigenvalue weighted by Crippen LogP contribution is -2.36. The van der Waals surface area contributed by atoms with E-state index in [1.807, 2.05) is 12.1 Å². The van der Waals surface area contributed by atoms with Gasteiger partial charge in [-0.25, -0.2) is 9.37 Å². The number of aliphatic hydroxyl groups excluding tert-OH is 1. The van der Waals surface area contributed by atoms with Gasteiger partial charge in [0.05, 0.1) is 16.8 Å². The molecule has 1 aromatic carbocycles. The van der Waals surface area contributed by atoms with Gasteiger partial charge in [0.1, 0.15) is 5.82 Å². The van der Waals surface area contributed by atoms with Crippen LogP contribution in [0, 0.1) is 5.82 Å². The normalized spacial score (nSPS) is 15.7. The van der Waals surface area contributed by atoms with Gasteiger partial charge in [-0.1, -0.05) is 17.7 Å². The van der Waals surface area contributed by atoms with Crippen LogP contribution in [0.2, 0.25) is 5.02 Å². The summed E-state index contributed by atoms with van der Waals surface area (Å²) in [6.45, 7) is 2.11. The number of hydrogen-bond donors (Lipinski definition) is 2. The maximum absolute atomic E-state index is 13.2. The minimum atomic E-state index is -0.413. The Bertz CT molecular complexity index is 675. The second-order valence-electron chi connectivity index (χ2n) is 5.69. The highest BCUT2D eigenvalue weighted by molar-refractivity contribution is 6.30. The monoisotopic (exact) mass is 335 g/mol. The Morgan fingerprint density at radius 2 is 2.09 bits per heavy atom. The molecule has 1 aliphatic heterocycles. The number of nitrogens with zero attached hydrogens (tertiary/aromatic N) is 2. The molecule has 1 aromatic heterocycles. The minimum Gasteiger partial charge on any atom is -0.393 e. The molecule has 0 spiro atoms. The van der Waals surface area contributed by atoms with E-state index in [0.717, 1.165) is 43.0 Å². The Morgan fingerprint density at radius 1 is 1.30 bits per heavy atom. The molecule has 0 radical (unpaired) electrons. The standard InChI is InChI=1S/C17H19ClFN3O/c18-14-10-12(3-4-15(14)19)11-21-16-2-1-7-20-17(16)22-8-5-13(23)6-9-22/h1-4,7,10,13,21,23H,5-6,8-9,11H2. The summed E-state index contributed by atoms with van der Waals surface area (Å²) in [6.07, 6.45) is 3.06. The predicted octanol–water partition coefficient (Wildman–Crippen LogP) is 3.45. The molecule has 0 aliphatic carbocycles. The number of pyridine rings is 1. The molecular weight excluding hydrogens is 317 g/mol. The van der Waals surface area contributed by atoms with Crippen molar-refractivity contribution in [3.8, 4) is 0 Å². The fourth-order valence-electron chi connectivity index (χ4n) is 2.71. The number of aromatic nitrogens is 1. The molecule has 6 heteroatoms. The first-order valence-electron chi connectivity index (χ1n) is 7.69. The molecule has 2 heterocycles. The third-order valence-electron chi connectivity index (χ3n) is 4.02. The zero-order chi connectivity index (χ0) is 16.2. The number of nitrogens with one attached hydrogen (secondary N) is 1. The van der Waals surface area contributed by atoms with Gasteiger partial charge >= 0.3 is 0 Å². The average molecular weight is 336 g/mol. The summed E-state index contributed by atoms with van der Waals surface area (Å²) in [5.74, 6) is 0.469. The summed E-state index contributed by atoms with van der Waals surface area (Å²) >= 11 is 5.82. The summed E-state index contributed by atoms with van der Waals surface area (Å²) in [7, 11) is 0. The van der Waals surface area contributed by atoms with E-state index in [2.05, 4.69) is 15.2 Å². The molecule has 0 atom stereocenters. The highest BCUT2D eigenvalue weighted by Gasteiger charge is 2.20. The quantitative estimate of drug-likeness (QED) is 0.898. The van der Waals surface area contributed by atoms with Crippen molar-refractivity contribution in [1.82, 2.24) is 4.98 Å². The first-order valence-corrected chi connectivity index (χ1v) is 8.07. The van der Waals surface area contributed by atoms with Crippen molar-refractivity contribution in [1.29, 1.82) is 0 Å². The van der Waals surface area contributed by atoms with E-state index in [-0.39, 0.29) is 11.1 Å². The van der Waals surface area contributed by atoms with E-state index in [0.29, 0.717) is 6.54 Å². The van der Waals surface area contributed by atoms with Gasteiger partial charge in [0.25, 0.3) is 0 Å². The van der Waals surface area contributed by atoms with Crippen molar-refractivity contribution >= 4 is 23.1 Å². The van der Waals surface area contributed by atoms with Crippen molar-refractivity contribution in [2.24, 2.45) is 0 Å². The first-order chi connectivity index (χ1) is 11.1. The van der Waals surface area contributed by atoms with Crippen molar-refractivity contribution in [2.75, 3.05) is 23.3 Å². The molecule has 0 bridgehead atoms. The van der Waals surface area contributed by atoms with Crippen LogP contribution in [0.4, 0.5) is 15.9 Å². The van der Waals surface area contributed by atoms with E-state index in [1.165, 1.54) is 6.07 Å². The topological polar surface area (TPSA) is 48.4 Å². The number of hydrogen-bond acceptors (Lipinski definition) is 4. The first kappa shape index (κ1) is 16.0. The number of rotatable bonds is 4. The summed E-state index contributed by atoms with van der Waals surface area (Å²) in [5, 5.41) is 13.1. The summed E-state index contributed by atoms with van der Waals surface area (Å²) < 4.78 is 13.2. The summed E-state index contributed by atoms with van der Waals surface area (Å²) in [5.41, 5.74) is 1.82. The second-order valence-corrected chi connectivity index (χ2v) is 6.10. The Balaban J connectivity index is 1.71. The van der Waals surface area contributed by atoms with Gasteiger partial charge in [0, 0.05) is 25.8 Å². The van der Waals surface area contributed by atoms with Gasteiger partial charge in [-0.15, -0.1) is 0 Å². The van der Waals surface area contributed by atoms with E-state index in [1.54, 1.807) is 18.3 Å². The summed E-state index contributed by atoms with van der Waals surface area (Å²) in [4.78, 5) is 6.64. The van der Waals surface area contributed by atoms with Crippen LogP contribution >= 0.6 is 11.6 Å². The van der Waals surface area contributed by atoms with Crippen LogP contribution in [0.5, 0.6) is 0 Å². The fourth-order valence-corrected chi connectivity index (χ4v) is 2.91. The Labute approximate surface area is 139 Å². The highest BCUT2D eigenvalue weighted by atomic mass is 35.5. The fraction of sp³-hybridized carbons (Fsp3) is 0.353. The predicted molar refractivity (Wildman–Crippen MR) is 90.4 cm³/mol. The number of aliphatic hydroxyl groups is 1. The second kappa shape index (κ2) is 7.15. The van der Waals surface area contributed by atoms with Gasteiger partial charge in [-0.05, 0) is 42.7 Å². The molecule has 4 nitrogen and oxygen atoms in total. The van der Waals surface area contributed by atoms with Gasteiger partial charge < -0.3 is 15.3 Å². The number of halogens is 2. The Hall–Kier alpha value is -1.85. The van der Waals surface area contributed by atoms with Gasteiger partial charge in [0.2, 0.25) is 0 Å². The van der Waals surface area contributed by atoms with Crippen molar-refractivity contribution in [3.05, 3.63) is 52.9 Å². The van der Waals surface area contributed by atoms with E-state index in [9.17, 15) is 9.50 Å². The van der Waals surface area contributed by atoms with Crippen LogP contribution in [0.25, 0.3) is 0 Å². The molecule has 0 unspecified atom stereocenters. The number of benzene rings is 1. The molecule has 23 heavy (non-hydrogen) atoms. The maximum atomic E-state index is 13.2. The Kier molecular flexibility index (Phi) is 4.98. The van der Waals surface area contributed by atoms with Gasteiger partial charge in [0.15, 0.2) is 5.82 Å². The smallest absolute Gasteiger partial charge is 0.151 e. The molecule has 1 aliphatic rings. The molecule has 3 rings (SSSR count). The SMILES string of the molecule is OC1CCN(c2ncccc2NCc2ccc(F)c(Cl)c2)CC1. The lowest BCUT2D eigenvalue weighted by atomic mass is 10.1. The molecule has 0 amide bonds. The van der Waals surface area contributed by atoms with Gasteiger partial charge in [-0.2, -0.15) is 0 Å². The zero-order valence-corrected chi connectivity index (χ0v) is 13.4. The Morgan fingerprint density at radius 3 is 2.83 bits per heavy atom. The lowest BCUT2D eigenvalue weighted by Gasteiger charge is -2.31. The van der Waals surface area contributed by atoms with E-state index >= 15 is 0 Å². The van der Waals surface area contributed by atoms with Crippen LogP contribution in [-0.4, -0.2) is 29.3 Å². The molecule has 2 aromatic rings. The molecule has 0 saturated carbocycles. The van der Waals surface area contributed by atoms with Crippen LogP contribution in [0.1, 0.15) is 18.4 Å². The van der Waals surface area contributed by atoms with E-state index in [4.69, 9.17) is 11.6 Å². The van der Waals surface area contributed by atoms with Crippen LogP contribution < -0.4 is 10.2 Å². The molecular formula is C17H19ClFN3O. The highest BCUT2D eigenvalue weighted by Crippen LogP contribution is 2.26. The van der Waals surface area contributed by atoms with Crippen LogP contribution in [0.15, 0.2) is 36.5 Å². The van der Waals surface area contributed by atoms with E-state index < -0.39 is 5.82 Å². The largest absolute Gasteiger partial charge is 0.393 e. The third kappa shape index (κ3) is 3.92. The summed E-state index contributed by atoms with van der Waals surface area (Å²) in [6, 6.07) is 8.55. The molecule has 122 valence electrons. The number of piperidine rings is 1. The lowest BCUT2D eigenvalue weighted by molar-refractivity contribution is 0.145.